The Kier molecular flexibility index (Phi) is 14.6. The molecule has 72 heavy (non-hydrogen) atoms. The molecule has 0 saturated heterocycles. The van der Waals surface area contributed by atoms with Crippen LogP contribution in [0.2, 0.25) is 0 Å². The van der Waals surface area contributed by atoms with Gasteiger partial charge >= 0.3 is 0 Å². The Labute approximate surface area is 433 Å². The lowest BCUT2D eigenvalue weighted by Gasteiger charge is -2.37. The Morgan fingerprint density at radius 1 is 0.361 bits per heavy atom. The van der Waals surface area contributed by atoms with Crippen molar-refractivity contribution in [3.63, 3.8) is 0 Å². The van der Waals surface area contributed by atoms with E-state index in [1.54, 1.807) is 0 Å². The Morgan fingerprint density at radius 2 is 0.569 bits per heavy atom. The zero-order valence-corrected chi connectivity index (χ0v) is 47.1. The third-order valence-corrected chi connectivity index (χ3v) is 16.0. The average molecular weight is 971 g/mol. The van der Waals surface area contributed by atoms with Crippen LogP contribution in [0.5, 0.6) is 23.0 Å². The summed E-state index contributed by atoms with van der Waals surface area (Å²) >= 11 is 0. The molecule has 0 fully saturated rings. The molecule has 1 heterocycles. The summed E-state index contributed by atoms with van der Waals surface area (Å²) in [5.74, 6) is 1.14. The molecular weight excluding hydrogens is 885 g/mol. The minimum absolute atomic E-state index is 0.100. The van der Waals surface area contributed by atoms with E-state index in [2.05, 4.69) is 231 Å². The molecule has 7 rings (SSSR count). The molecule has 1 aliphatic heterocycles. The lowest BCUT2D eigenvalue weighted by Crippen LogP contribution is -2.30. The first-order chi connectivity index (χ1) is 33.2. The number of phenols is 4. The third-order valence-electron chi connectivity index (χ3n) is 16.0. The van der Waals surface area contributed by atoms with Gasteiger partial charge in [-0.25, -0.2) is 0 Å². The Hall–Kier alpha value is -5.56. The van der Waals surface area contributed by atoms with E-state index in [1.165, 1.54) is 0 Å². The highest BCUT2D eigenvalue weighted by molar-refractivity contribution is 5.57. The maximum Gasteiger partial charge on any atom is 0.123 e. The van der Waals surface area contributed by atoms with Crippen LogP contribution < -0.4 is 0 Å². The van der Waals surface area contributed by atoms with Gasteiger partial charge in [-0.1, -0.05) is 196 Å². The van der Waals surface area contributed by atoms with E-state index >= 15 is 0 Å². The van der Waals surface area contributed by atoms with Gasteiger partial charge in [0.05, 0.1) is 0 Å². The van der Waals surface area contributed by atoms with Crippen LogP contribution in [0.1, 0.15) is 215 Å². The Balaban J connectivity index is 1.61. The molecular formula is C66H86N2O4. The number of hydrogen-bond donors (Lipinski definition) is 4. The largest absolute Gasteiger partial charge is 0.507 e. The van der Waals surface area contributed by atoms with Crippen molar-refractivity contribution in [1.29, 1.82) is 0 Å². The van der Waals surface area contributed by atoms with Crippen LogP contribution in [0.4, 0.5) is 0 Å². The second kappa shape index (κ2) is 19.4. The molecule has 6 heteroatoms. The minimum Gasteiger partial charge on any atom is -0.507 e. The molecule has 2 atom stereocenters. The summed E-state index contributed by atoms with van der Waals surface area (Å²) in [6.45, 7) is 41.0. The second-order valence-electron chi connectivity index (χ2n) is 26.4. The highest BCUT2D eigenvalue weighted by atomic mass is 16.3. The minimum atomic E-state index is -0.592. The molecule has 6 aromatic carbocycles. The standard InChI is InChI=1S/C66H86N2O4/c1-41(43-25-21-19-22-26-43)67-37-45-29-49(33-53(57(45)69)61(3,4)5)65(15,16)51-31-47(59(71)55(35-51)63(9,10)11)39-68(42(2)44-27-23-20-24-28-44)40-48-32-52(36-56(60(48)72)64(12,13)14)66(17,18)50-30-46(38-67)58(70)54(34-50)62(6,7)8/h19-36,41-42,69-72H,37-40H2,1-18H3/t41-,42+. The van der Waals surface area contributed by atoms with Crippen molar-refractivity contribution >= 4 is 0 Å². The zero-order valence-electron chi connectivity index (χ0n) is 47.1. The fourth-order valence-electron chi connectivity index (χ4n) is 10.7. The van der Waals surface area contributed by atoms with Gasteiger partial charge in [0.25, 0.3) is 0 Å². The number of hydrogen-bond acceptors (Lipinski definition) is 6. The maximum atomic E-state index is 12.6. The first-order valence-electron chi connectivity index (χ1n) is 26.3. The highest BCUT2D eigenvalue weighted by Gasteiger charge is 2.36. The van der Waals surface area contributed by atoms with E-state index < -0.39 is 32.5 Å². The normalized spacial score (nSPS) is 17.0. The van der Waals surface area contributed by atoms with E-state index in [1.807, 2.05) is 12.1 Å². The molecule has 0 aliphatic carbocycles. The van der Waals surface area contributed by atoms with Crippen molar-refractivity contribution in [2.45, 2.75) is 195 Å². The molecule has 0 spiro atoms. The van der Waals surface area contributed by atoms with Gasteiger partial charge in [0, 0.05) is 71.3 Å². The molecule has 0 amide bonds. The topological polar surface area (TPSA) is 87.4 Å². The Morgan fingerprint density at radius 3 is 0.764 bits per heavy atom. The quantitative estimate of drug-likeness (QED) is 0.141. The van der Waals surface area contributed by atoms with Crippen LogP contribution in [-0.2, 0) is 58.7 Å². The second-order valence-corrected chi connectivity index (χ2v) is 26.4. The van der Waals surface area contributed by atoms with Crippen LogP contribution in [-0.4, -0.2) is 30.2 Å². The molecule has 6 aromatic rings. The van der Waals surface area contributed by atoms with Gasteiger partial charge in [0.1, 0.15) is 23.0 Å². The van der Waals surface area contributed by atoms with Crippen LogP contribution in [0.3, 0.4) is 0 Å². The summed E-state index contributed by atoms with van der Waals surface area (Å²) in [4.78, 5) is 4.78. The van der Waals surface area contributed by atoms with Gasteiger partial charge < -0.3 is 20.4 Å². The number of fused-ring (bicyclic) bond motifs is 8. The molecule has 384 valence electrons. The van der Waals surface area contributed by atoms with Crippen molar-refractivity contribution in [1.82, 2.24) is 9.80 Å². The summed E-state index contributed by atoms with van der Waals surface area (Å²) in [6.07, 6.45) is 0. The summed E-state index contributed by atoms with van der Waals surface area (Å²) in [6, 6.07) is 38.4. The van der Waals surface area contributed by atoms with Crippen molar-refractivity contribution in [2.75, 3.05) is 0 Å². The fourth-order valence-corrected chi connectivity index (χ4v) is 10.7. The number of phenolic OH excluding ortho intramolecular Hbond substituents is 4. The van der Waals surface area contributed by atoms with Gasteiger partial charge in [-0.2, -0.15) is 0 Å². The predicted molar refractivity (Wildman–Crippen MR) is 300 cm³/mol. The van der Waals surface area contributed by atoms with Crippen LogP contribution in [0, 0.1) is 0 Å². The van der Waals surface area contributed by atoms with E-state index in [4.69, 9.17) is 0 Å². The van der Waals surface area contributed by atoms with Crippen molar-refractivity contribution in [3.8, 4) is 23.0 Å². The summed E-state index contributed by atoms with van der Waals surface area (Å²) in [7, 11) is 0. The number of nitrogens with zero attached hydrogens (tertiary/aromatic N) is 2. The summed E-state index contributed by atoms with van der Waals surface area (Å²) in [5.41, 5.74) is 10.5. The molecule has 6 nitrogen and oxygen atoms in total. The fraction of sp³-hybridized carbons (Fsp3) is 0.455. The monoisotopic (exact) mass is 971 g/mol. The van der Waals surface area contributed by atoms with Crippen molar-refractivity contribution in [3.05, 3.63) is 187 Å². The lowest BCUT2D eigenvalue weighted by molar-refractivity contribution is 0.187. The van der Waals surface area contributed by atoms with E-state index in [9.17, 15) is 20.4 Å². The van der Waals surface area contributed by atoms with Gasteiger partial charge in [-0.05, 0) is 115 Å². The molecule has 0 radical (unpaired) electrons. The van der Waals surface area contributed by atoms with Crippen LogP contribution in [0.25, 0.3) is 0 Å². The van der Waals surface area contributed by atoms with Crippen LogP contribution in [0.15, 0.2) is 109 Å². The number of benzene rings is 6. The smallest absolute Gasteiger partial charge is 0.123 e. The Bertz CT molecular complexity index is 2570. The average Bonchev–Trinajstić information content (AvgIpc) is 3.28. The molecule has 1 aliphatic rings. The van der Waals surface area contributed by atoms with Gasteiger partial charge in [-0.15, -0.1) is 0 Å². The first-order valence-corrected chi connectivity index (χ1v) is 26.3. The molecule has 0 saturated carbocycles. The zero-order chi connectivity index (χ0) is 53.3. The third kappa shape index (κ3) is 10.9. The summed E-state index contributed by atoms with van der Waals surface area (Å²) < 4.78 is 0. The molecule has 4 N–H and O–H groups in total. The van der Waals surface area contributed by atoms with Crippen LogP contribution >= 0.6 is 0 Å². The van der Waals surface area contributed by atoms with E-state index in [0.29, 0.717) is 26.2 Å². The molecule has 0 unspecified atom stereocenters. The van der Waals surface area contributed by atoms with Gasteiger partial charge in [0.2, 0.25) is 0 Å². The van der Waals surface area contributed by atoms with Gasteiger partial charge in [-0.3, -0.25) is 9.80 Å². The predicted octanol–water partition coefficient (Wildman–Crippen LogP) is 16.2. The van der Waals surface area contributed by atoms with E-state index in [-0.39, 0.29) is 35.1 Å². The lowest BCUT2D eigenvalue weighted by atomic mass is 9.72. The summed E-state index contributed by atoms with van der Waals surface area (Å²) in [5, 5.41) is 50.3. The van der Waals surface area contributed by atoms with Crippen molar-refractivity contribution < 1.29 is 20.4 Å². The maximum absolute atomic E-state index is 12.6. The molecule has 0 aromatic heterocycles. The van der Waals surface area contributed by atoms with E-state index in [0.717, 1.165) is 77.9 Å². The number of aromatic hydroxyl groups is 4. The van der Waals surface area contributed by atoms with Gasteiger partial charge in [0.15, 0.2) is 0 Å². The SMILES string of the molecule is C[C@H](c1ccccc1)N1Cc2cc(cc(C(C)(C)C)c2O)C(C)(C)c2cc(c(O)c(C(C)(C)C)c2)CN([C@@H](C)c2ccccc2)Cc2cc(cc(C(C)(C)C)c2O)C(C)(C)c2cc(c(O)c(C(C)(C)C)c2)C1. The molecule has 8 bridgehead atoms. The highest BCUT2D eigenvalue weighted by Crippen LogP contribution is 2.48. The number of rotatable bonds is 4. The first kappa shape index (κ1) is 54.2. The van der Waals surface area contributed by atoms with Crippen molar-refractivity contribution in [2.24, 2.45) is 0 Å².